The van der Waals surface area contributed by atoms with Crippen LogP contribution in [0.5, 0.6) is 0 Å². The molecule has 118 valence electrons. The van der Waals surface area contributed by atoms with Gasteiger partial charge in [0.15, 0.2) is 0 Å². The van der Waals surface area contributed by atoms with Crippen molar-refractivity contribution in [1.82, 2.24) is 4.90 Å². The Morgan fingerprint density at radius 3 is 2.57 bits per heavy atom. The summed E-state index contributed by atoms with van der Waals surface area (Å²) in [5.74, 6) is -4.21. The van der Waals surface area contributed by atoms with Crippen LogP contribution in [-0.4, -0.2) is 29.9 Å². The maximum Gasteiger partial charge on any atom is 0.349 e. The summed E-state index contributed by atoms with van der Waals surface area (Å²) in [5, 5.41) is 0. The number of piperidine rings is 1. The summed E-state index contributed by atoms with van der Waals surface area (Å²) in [6, 6.07) is 6.93. The number of likely N-dealkylation sites (tertiary alicyclic amines) is 1. The van der Waals surface area contributed by atoms with Crippen LogP contribution in [0.25, 0.3) is 0 Å². The Hall–Kier alpha value is -1.20. The number of carbonyl (C=O) groups excluding carboxylic acids is 1. The molecule has 1 aromatic rings. The first-order valence-corrected chi connectivity index (χ1v) is 6.91. The largest absolute Gasteiger partial charge is 0.349 e. The van der Waals surface area contributed by atoms with Crippen molar-refractivity contribution < 1.29 is 13.6 Å². The molecule has 21 heavy (non-hydrogen) atoms. The summed E-state index contributed by atoms with van der Waals surface area (Å²) in [5.41, 5.74) is 5.37. The third-order valence-corrected chi connectivity index (χ3v) is 3.92. The van der Waals surface area contributed by atoms with Crippen molar-refractivity contribution in [2.24, 2.45) is 11.7 Å². The van der Waals surface area contributed by atoms with Crippen LogP contribution in [0.3, 0.4) is 0 Å². The number of amides is 1. The second-order valence-corrected chi connectivity index (χ2v) is 5.46. The molecule has 6 heteroatoms. The van der Waals surface area contributed by atoms with Crippen molar-refractivity contribution in [3.63, 3.8) is 0 Å². The number of rotatable bonds is 3. The van der Waals surface area contributed by atoms with Crippen molar-refractivity contribution in [3.8, 4) is 0 Å². The zero-order valence-corrected chi connectivity index (χ0v) is 12.8. The number of nitrogens with two attached hydrogens (primary N) is 1. The maximum absolute atomic E-state index is 14.3. The quantitative estimate of drug-likeness (QED) is 0.931. The summed E-state index contributed by atoms with van der Waals surface area (Å²) in [6.07, 6.45) is 1.43. The van der Waals surface area contributed by atoms with E-state index >= 15 is 0 Å². The Balaban J connectivity index is 0.00000220. The van der Waals surface area contributed by atoms with Crippen LogP contribution in [0.15, 0.2) is 30.3 Å². The van der Waals surface area contributed by atoms with E-state index in [-0.39, 0.29) is 30.6 Å². The van der Waals surface area contributed by atoms with Gasteiger partial charge in [0.25, 0.3) is 5.91 Å². The molecule has 1 aliphatic heterocycles. The highest BCUT2D eigenvalue weighted by atomic mass is 35.5. The molecule has 1 amide bonds. The molecule has 0 aliphatic carbocycles. The van der Waals surface area contributed by atoms with Crippen LogP contribution >= 0.6 is 12.4 Å². The standard InChI is InChI=1S/C15H20F2N2O.ClH/c1-11-7-8-19(13(9-11)10-18)14(20)15(16,17)12-5-3-2-4-6-12;/h2-6,11,13H,7-10,18H2,1H3;1H. The zero-order chi connectivity index (χ0) is 14.8. The Morgan fingerprint density at radius 1 is 1.38 bits per heavy atom. The lowest BCUT2D eigenvalue weighted by Crippen LogP contribution is -2.53. The Kier molecular flexibility index (Phi) is 6.10. The SMILES string of the molecule is CC1CCN(C(=O)C(F)(F)c2ccccc2)C(CN)C1.Cl. The number of hydrogen-bond acceptors (Lipinski definition) is 2. The lowest BCUT2D eigenvalue weighted by atomic mass is 9.91. The number of halogens is 3. The van der Waals surface area contributed by atoms with Crippen LogP contribution in [0, 0.1) is 5.92 Å². The minimum absolute atomic E-state index is 0. The molecule has 1 heterocycles. The fourth-order valence-electron chi connectivity index (χ4n) is 2.69. The van der Waals surface area contributed by atoms with E-state index in [4.69, 9.17) is 5.73 Å². The molecular weight excluding hydrogens is 298 g/mol. The van der Waals surface area contributed by atoms with Crippen molar-refractivity contribution in [1.29, 1.82) is 0 Å². The molecule has 2 rings (SSSR count). The van der Waals surface area contributed by atoms with E-state index in [0.29, 0.717) is 18.9 Å². The van der Waals surface area contributed by atoms with E-state index in [1.807, 2.05) is 0 Å². The average molecular weight is 319 g/mol. The van der Waals surface area contributed by atoms with E-state index in [9.17, 15) is 13.6 Å². The lowest BCUT2D eigenvalue weighted by molar-refractivity contribution is -0.163. The highest BCUT2D eigenvalue weighted by Gasteiger charge is 2.46. The highest BCUT2D eigenvalue weighted by molar-refractivity contribution is 5.85. The first-order chi connectivity index (χ1) is 9.46. The summed E-state index contributed by atoms with van der Waals surface area (Å²) in [6.45, 7) is 2.63. The molecule has 2 atom stereocenters. The first kappa shape index (κ1) is 17.9. The second-order valence-electron chi connectivity index (χ2n) is 5.46. The van der Waals surface area contributed by atoms with Crippen LogP contribution < -0.4 is 5.73 Å². The number of nitrogens with zero attached hydrogens (tertiary/aromatic N) is 1. The number of benzene rings is 1. The van der Waals surface area contributed by atoms with Crippen LogP contribution in [0.1, 0.15) is 25.3 Å². The van der Waals surface area contributed by atoms with Gasteiger partial charge in [0.05, 0.1) is 0 Å². The normalized spacial score (nSPS) is 22.6. The van der Waals surface area contributed by atoms with Crippen molar-refractivity contribution >= 4 is 18.3 Å². The molecular formula is C15H21ClF2N2O. The molecule has 1 fully saturated rings. The fourth-order valence-corrected chi connectivity index (χ4v) is 2.69. The van der Waals surface area contributed by atoms with Gasteiger partial charge in [-0.15, -0.1) is 12.4 Å². The number of alkyl halides is 2. The van der Waals surface area contributed by atoms with Crippen molar-refractivity contribution in [2.75, 3.05) is 13.1 Å². The van der Waals surface area contributed by atoms with Gasteiger partial charge in [-0.3, -0.25) is 4.79 Å². The Morgan fingerprint density at radius 2 is 2.00 bits per heavy atom. The van der Waals surface area contributed by atoms with Gasteiger partial charge >= 0.3 is 5.92 Å². The van der Waals surface area contributed by atoms with Gasteiger partial charge in [0.2, 0.25) is 0 Å². The fraction of sp³-hybridized carbons (Fsp3) is 0.533. The summed E-state index contributed by atoms with van der Waals surface area (Å²) in [4.78, 5) is 13.5. The maximum atomic E-state index is 14.3. The minimum Gasteiger partial charge on any atom is -0.333 e. The van der Waals surface area contributed by atoms with E-state index in [1.54, 1.807) is 6.07 Å². The molecule has 0 saturated carbocycles. The first-order valence-electron chi connectivity index (χ1n) is 6.91. The van der Waals surface area contributed by atoms with Gasteiger partial charge in [0, 0.05) is 24.7 Å². The third kappa shape index (κ3) is 3.71. The topological polar surface area (TPSA) is 46.3 Å². The smallest absolute Gasteiger partial charge is 0.333 e. The molecule has 0 spiro atoms. The Labute approximate surface area is 129 Å². The molecule has 0 aromatic heterocycles. The van der Waals surface area contributed by atoms with Gasteiger partial charge in [-0.1, -0.05) is 37.3 Å². The van der Waals surface area contributed by atoms with Gasteiger partial charge in [-0.2, -0.15) is 8.78 Å². The molecule has 1 aliphatic rings. The van der Waals surface area contributed by atoms with Gasteiger partial charge in [-0.25, -0.2) is 0 Å². The van der Waals surface area contributed by atoms with Crippen molar-refractivity contribution in [3.05, 3.63) is 35.9 Å². The number of carbonyl (C=O) groups is 1. The number of hydrogen-bond donors (Lipinski definition) is 1. The Bertz CT molecular complexity index is 470. The molecule has 0 radical (unpaired) electrons. The zero-order valence-electron chi connectivity index (χ0n) is 12.0. The lowest BCUT2D eigenvalue weighted by Gasteiger charge is -2.39. The van der Waals surface area contributed by atoms with E-state index in [2.05, 4.69) is 6.92 Å². The summed E-state index contributed by atoms with van der Waals surface area (Å²) < 4.78 is 28.6. The van der Waals surface area contributed by atoms with Crippen LogP contribution in [0.4, 0.5) is 8.78 Å². The predicted octanol–water partition coefficient (Wildman–Crippen LogP) is 2.79. The van der Waals surface area contributed by atoms with E-state index < -0.39 is 11.8 Å². The summed E-state index contributed by atoms with van der Waals surface area (Å²) >= 11 is 0. The van der Waals surface area contributed by atoms with Gasteiger partial charge in [0.1, 0.15) is 0 Å². The highest BCUT2D eigenvalue weighted by Crippen LogP contribution is 2.33. The molecule has 2 N–H and O–H groups in total. The van der Waals surface area contributed by atoms with Gasteiger partial charge < -0.3 is 10.6 Å². The average Bonchev–Trinajstić information content (AvgIpc) is 2.47. The molecule has 2 unspecified atom stereocenters. The molecule has 3 nitrogen and oxygen atoms in total. The monoisotopic (exact) mass is 318 g/mol. The molecule has 1 aromatic carbocycles. The predicted molar refractivity (Wildman–Crippen MR) is 80.5 cm³/mol. The van der Waals surface area contributed by atoms with Crippen LogP contribution in [-0.2, 0) is 10.7 Å². The summed E-state index contributed by atoms with van der Waals surface area (Å²) in [7, 11) is 0. The van der Waals surface area contributed by atoms with Gasteiger partial charge in [-0.05, 0) is 18.8 Å². The van der Waals surface area contributed by atoms with Crippen LogP contribution in [0.2, 0.25) is 0 Å². The van der Waals surface area contributed by atoms with Crippen molar-refractivity contribution in [2.45, 2.75) is 31.7 Å². The van der Waals surface area contributed by atoms with E-state index in [0.717, 1.165) is 6.42 Å². The minimum atomic E-state index is -3.49. The third-order valence-electron chi connectivity index (χ3n) is 3.92. The molecule has 1 saturated heterocycles. The van der Waals surface area contributed by atoms with E-state index in [1.165, 1.54) is 29.2 Å². The second kappa shape index (κ2) is 7.18. The molecule has 0 bridgehead atoms.